The summed E-state index contributed by atoms with van der Waals surface area (Å²) in [5, 5.41) is 8.53. The fourth-order valence-electron chi connectivity index (χ4n) is 1.86. The maximum absolute atomic E-state index is 12.7. The van der Waals surface area contributed by atoms with Crippen LogP contribution in [0.5, 0.6) is 0 Å². The van der Waals surface area contributed by atoms with Crippen LogP contribution in [0.1, 0.15) is 65.2 Å². The summed E-state index contributed by atoms with van der Waals surface area (Å²) in [5.74, 6) is 0.628. The molecule has 0 radical (unpaired) electrons. The van der Waals surface area contributed by atoms with Gasteiger partial charge in [0, 0.05) is 13.2 Å². The van der Waals surface area contributed by atoms with E-state index in [-0.39, 0.29) is 6.61 Å². The molecule has 0 aliphatic heterocycles. The number of halogens is 1. The van der Waals surface area contributed by atoms with Crippen LogP contribution >= 0.6 is 0 Å². The molecule has 0 heterocycles. The van der Waals surface area contributed by atoms with Crippen LogP contribution in [0.3, 0.4) is 0 Å². The predicted octanol–water partition coefficient (Wildman–Crippen LogP) is 4.11. The number of unbranched alkanes of at least 4 members (excludes halogenated alkanes) is 6. The van der Waals surface area contributed by atoms with E-state index in [1.165, 1.54) is 25.7 Å². The number of rotatable bonds is 13. The van der Waals surface area contributed by atoms with Gasteiger partial charge in [0.15, 0.2) is 0 Å². The summed E-state index contributed by atoms with van der Waals surface area (Å²) in [6, 6.07) is 0. The third-order valence-electron chi connectivity index (χ3n) is 2.96. The Hall–Kier alpha value is -0.150. The van der Waals surface area contributed by atoms with Crippen LogP contribution in [0.4, 0.5) is 4.39 Å². The molecule has 0 bridgehead atoms. The van der Waals surface area contributed by atoms with Gasteiger partial charge in [0.05, 0.1) is 6.61 Å². The number of hydrogen-bond donors (Lipinski definition) is 1. The van der Waals surface area contributed by atoms with Gasteiger partial charge in [0.1, 0.15) is 6.17 Å². The van der Waals surface area contributed by atoms with Crippen molar-refractivity contribution >= 4 is 0 Å². The lowest BCUT2D eigenvalue weighted by molar-refractivity contribution is 0.106. The van der Waals surface area contributed by atoms with Gasteiger partial charge in [0.25, 0.3) is 0 Å². The van der Waals surface area contributed by atoms with Crippen molar-refractivity contribution in [1.29, 1.82) is 0 Å². The van der Waals surface area contributed by atoms with Crippen molar-refractivity contribution in [3.8, 4) is 0 Å². The summed E-state index contributed by atoms with van der Waals surface area (Å²) >= 11 is 0. The van der Waals surface area contributed by atoms with Crippen LogP contribution in [-0.4, -0.2) is 31.1 Å². The first-order valence-corrected chi connectivity index (χ1v) is 7.49. The topological polar surface area (TPSA) is 29.5 Å². The van der Waals surface area contributed by atoms with Crippen molar-refractivity contribution in [3.05, 3.63) is 0 Å². The molecule has 1 atom stereocenters. The summed E-state index contributed by atoms with van der Waals surface area (Å²) in [6.45, 7) is 5.77. The van der Waals surface area contributed by atoms with E-state index in [0.717, 1.165) is 32.5 Å². The largest absolute Gasteiger partial charge is 0.393 e. The average molecular weight is 262 g/mol. The zero-order chi connectivity index (χ0) is 13.6. The molecule has 0 fully saturated rings. The van der Waals surface area contributed by atoms with Crippen molar-refractivity contribution in [2.24, 2.45) is 5.92 Å². The Labute approximate surface area is 112 Å². The lowest BCUT2D eigenvalue weighted by atomic mass is 10.1. The van der Waals surface area contributed by atoms with E-state index in [1.807, 2.05) is 0 Å². The van der Waals surface area contributed by atoms with E-state index in [2.05, 4.69) is 13.8 Å². The molecule has 110 valence electrons. The highest BCUT2D eigenvalue weighted by Crippen LogP contribution is 2.11. The second-order valence-electron chi connectivity index (χ2n) is 5.51. The van der Waals surface area contributed by atoms with Gasteiger partial charge in [-0.15, -0.1) is 0 Å². The van der Waals surface area contributed by atoms with Crippen molar-refractivity contribution in [2.75, 3.05) is 19.8 Å². The van der Waals surface area contributed by atoms with E-state index < -0.39 is 6.17 Å². The van der Waals surface area contributed by atoms with Crippen molar-refractivity contribution in [3.63, 3.8) is 0 Å². The van der Waals surface area contributed by atoms with E-state index in [4.69, 9.17) is 9.84 Å². The quantitative estimate of drug-likeness (QED) is 0.506. The molecule has 0 aliphatic carbocycles. The van der Waals surface area contributed by atoms with Gasteiger partial charge in [0.2, 0.25) is 0 Å². The van der Waals surface area contributed by atoms with Gasteiger partial charge < -0.3 is 9.84 Å². The smallest absolute Gasteiger partial charge is 0.123 e. The highest BCUT2D eigenvalue weighted by molar-refractivity contribution is 4.54. The summed E-state index contributed by atoms with van der Waals surface area (Å²) in [4.78, 5) is 0. The standard InChI is InChI=1S/C15H31FO2/c1-14(2)13-18-11-9-7-5-3-4-6-8-10-15(16)12-17/h14-15,17H,3-13H2,1-2H3. The maximum Gasteiger partial charge on any atom is 0.123 e. The molecule has 0 saturated heterocycles. The lowest BCUT2D eigenvalue weighted by Crippen LogP contribution is -2.05. The van der Waals surface area contributed by atoms with Crippen molar-refractivity contribution in [2.45, 2.75) is 71.4 Å². The fourth-order valence-corrected chi connectivity index (χ4v) is 1.86. The molecule has 0 aromatic carbocycles. The van der Waals surface area contributed by atoms with Crippen molar-refractivity contribution < 1.29 is 14.2 Å². The molecule has 0 saturated carbocycles. The molecule has 3 heteroatoms. The summed E-state index contributed by atoms with van der Waals surface area (Å²) in [7, 11) is 0. The van der Waals surface area contributed by atoms with E-state index >= 15 is 0 Å². The molecule has 0 spiro atoms. The third kappa shape index (κ3) is 13.9. The number of hydrogen-bond acceptors (Lipinski definition) is 2. The van der Waals surface area contributed by atoms with E-state index in [0.29, 0.717) is 12.3 Å². The van der Waals surface area contributed by atoms with Gasteiger partial charge in [-0.05, 0) is 18.8 Å². The van der Waals surface area contributed by atoms with Gasteiger partial charge in [-0.1, -0.05) is 52.4 Å². The Bertz CT molecular complexity index is 163. The lowest BCUT2D eigenvalue weighted by Gasteiger charge is -2.06. The van der Waals surface area contributed by atoms with Gasteiger partial charge in [-0.2, -0.15) is 0 Å². The number of alkyl halides is 1. The first-order valence-electron chi connectivity index (χ1n) is 7.49. The Balaban J connectivity index is 2.99. The van der Waals surface area contributed by atoms with E-state index in [9.17, 15) is 4.39 Å². The molecule has 1 N–H and O–H groups in total. The van der Waals surface area contributed by atoms with Crippen LogP contribution in [0.25, 0.3) is 0 Å². The van der Waals surface area contributed by atoms with Crippen molar-refractivity contribution in [1.82, 2.24) is 0 Å². The molecule has 0 amide bonds. The Kier molecular flexibility index (Phi) is 13.2. The minimum atomic E-state index is -1.01. The fraction of sp³-hybridized carbons (Fsp3) is 1.00. The predicted molar refractivity (Wildman–Crippen MR) is 74.6 cm³/mol. The van der Waals surface area contributed by atoms with Gasteiger partial charge >= 0.3 is 0 Å². The molecule has 0 aliphatic rings. The van der Waals surface area contributed by atoms with Gasteiger partial charge in [-0.25, -0.2) is 4.39 Å². The highest BCUT2D eigenvalue weighted by Gasteiger charge is 2.02. The van der Waals surface area contributed by atoms with Crippen LogP contribution in [-0.2, 0) is 4.74 Å². The number of aliphatic hydroxyl groups is 1. The third-order valence-corrected chi connectivity index (χ3v) is 2.96. The second kappa shape index (κ2) is 13.3. The Morgan fingerprint density at radius 3 is 2.06 bits per heavy atom. The SMILES string of the molecule is CC(C)COCCCCCCCCCC(F)CO. The van der Waals surface area contributed by atoms with Gasteiger partial charge in [-0.3, -0.25) is 0 Å². The molecule has 0 rings (SSSR count). The zero-order valence-electron chi connectivity index (χ0n) is 12.2. The number of ether oxygens (including phenoxy) is 1. The van der Waals surface area contributed by atoms with Crippen LogP contribution in [0.15, 0.2) is 0 Å². The summed E-state index contributed by atoms with van der Waals surface area (Å²) in [6.07, 6.45) is 7.56. The number of aliphatic hydroxyl groups excluding tert-OH is 1. The molecule has 18 heavy (non-hydrogen) atoms. The molecule has 1 unspecified atom stereocenters. The molecular weight excluding hydrogens is 231 g/mol. The molecule has 0 aromatic rings. The first kappa shape index (κ1) is 17.8. The van der Waals surface area contributed by atoms with E-state index in [1.54, 1.807) is 0 Å². The minimum absolute atomic E-state index is 0.323. The average Bonchev–Trinajstić information content (AvgIpc) is 2.35. The van der Waals surface area contributed by atoms with Crippen LogP contribution in [0, 0.1) is 5.92 Å². The Morgan fingerprint density at radius 2 is 1.50 bits per heavy atom. The highest BCUT2D eigenvalue weighted by atomic mass is 19.1. The first-order chi connectivity index (χ1) is 8.66. The molecule has 2 nitrogen and oxygen atoms in total. The van der Waals surface area contributed by atoms with Crippen LogP contribution < -0.4 is 0 Å². The Morgan fingerprint density at radius 1 is 0.944 bits per heavy atom. The zero-order valence-corrected chi connectivity index (χ0v) is 12.2. The molecule has 0 aromatic heterocycles. The normalized spacial score (nSPS) is 13.2. The monoisotopic (exact) mass is 262 g/mol. The molecular formula is C15H31FO2. The summed E-state index contributed by atoms with van der Waals surface area (Å²) in [5.41, 5.74) is 0. The second-order valence-corrected chi connectivity index (χ2v) is 5.51. The van der Waals surface area contributed by atoms with Crippen LogP contribution in [0.2, 0.25) is 0 Å². The minimum Gasteiger partial charge on any atom is -0.393 e. The maximum atomic E-state index is 12.7. The summed E-state index contributed by atoms with van der Waals surface area (Å²) < 4.78 is 18.2.